The van der Waals surface area contributed by atoms with Gasteiger partial charge in [0.25, 0.3) is 0 Å². The minimum atomic E-state index is -0.941. The summed E-state index contributed by atoms with van der Waals surface area (Å²) in [6.45, 7) is 0. The molecule has 142 valence electrons. The van der Waals surface area contributed by atoms with Gasteiger partial charge in [0.2, 0.25) is 0 Å². The van der Waals surface area contributed by atoms with Crippen LogP contribution in [-0.2, 0) is 12.8 Å². The van der Waals surface area contributed by atoms with E-state index >= 15 is 0 Å². The number of aromatic amines is 1. The van der Waals surface area contributed by atoms with Crippen molar-refractivity contribution in [3.8, 4) is 11.3 Å². The molecular weight excluding hydrogens is 384 g/mol. The van der Waals surface area contributed by atoms with Crippen molar-refractivity contribution >= 4 is 29.3 Å². The van der Waals surface area contributed by atoms with Crippen LogP contribution in [0.5, 0.6) is 0 Å². The molecule has 0 saturated heterocycles. The normalized spacial score (nSPS) is 13.5. The van der Waals surface area contributed by atoms with Gasteiger partial charge in [-0.1, -0.05) is 24.3 Å². The first-order valence-corrected chi connectivity index (χ1v) is 8.64. The number of H-pyrrole nitrogens is 1. The van der Waals surface area contributed by atoms with Crippen molar-refractivity contribution in [1.82, 2.24) is 20.2 Å². The monoisotopic (exact) mass is 399 g/mol. The average molecular weight is 400 g/mol. The Labute approximate surface area is 165 Å². The summed E-state index contributed by atoms with van der Waals surface area (Å²) < 4.78 is 26.8. The van der Waals surface area contributed by atoms with Gasteiger partial charge in [0.1, 0.15) is 17.3 Å². The summed E-state index contributed by atoms with van der Waals surface area (Å²) in [5, 5.41) is 7.57. The van der Waals surface area contributed by atoms with E-state index in [0.29, 0.717) is 28.1 Å². The molecule has 1 aliphatic carbocycles. The van der Waals surface area contributed by atoms with E-state index < -0.39 is 11.6 Å². The van der Waals surface area contributed by atoms with Crippen LogP contribution in [0.2, 0.25) is 0 Å². The molecule has 5 rings (SSSR count). The van der Waals surface area contributed by atoms with Gasteiger partial charge in [0.15, 0.2) is 17.3 Å². The van der Waals surface area contributed by atoms with Gasteiger partial charge >= 0.3 is 0 Å². The Morgan fingerprint density at radius 1 is 0.964 bits per heavy atom. The third-order valence-corrected chi connectivity index (χ3v) is 5.07. The lowest BCUT2D eigenvalue weighted by Gasteiger charge is -2.09. The number of benzene rings is 2. The minimum Gasteiger partial charge on any atom is -0.383 e. The van der Waals surface area contributed by atoms with E-state index in [0.717, 1.165) is 25.0 Å². The number of rotatable bonds is 2. The molecule has 0 bridgehead atoms. The maximum Gasteiger partial charge on any atom is 0.161 e. The molecule has 8 heteroatoms. The van der Waals surface area contributed by atoms with Crippen LogP contribution >= 0.6 is 12.4 Å². The molecule has 0 unspecified atom stereocenters. The van der Waals surface area contributed by atoms with E-state index in [1.54, 1.807) is 0 Å². The summed E-state index contributed by atoms with van der Waals surface area (Å²) >= 11 is 0. The zero-order valence-corrected chi connectivity index (χ0v) is 15.4. The number of halogens is 3. The molecule has 5 nitrogen and oxygen atoms in total. The van der Waals surface area contributed by atoms with E-state index in [9.17, 15) is 8.78 Å². The average Bonchev–Trinajstić information content (AvgIpc) is 3.28. The maximum atomic E-state index is 13.6. The minimum absolute atomic E-state index is 0. The molecule has 3 N–H and O–H groups in total. The van der Waals surface area contributed by atoms with Crippen LogP contribution in [0.25, 0.3) is 22.3 Å². The van der Waals surface area contributed by atoms with Crippen LogP contribution in [0.15, 0.2) is 42.5 Å². The lowest BCUT2D eigenvalue weighted by atomic mass is 10.0. The molecule has 2 heterocycles. The first-order valence-electron chi connectivity index (χ1n) is 8.64. The van der Waals surface area contributed by atoms with Crippen LogP contribution in [0, 0.1) is 11.6 Å². The second-order valence-corrected chi connectivity index (χ2v) is 6.77. The van der Waals surface area contributed by atoms with E-state index in [1.165, 1.54) is 17.2 Å². The third-order valence-electron chi connectivity index (χ3n) is 5.07. The predicted octanol–water partition coefficient (Wildman–Crippen LogP) is 4.18. The number of aromatic nitrogens is 4. The van der Waals surface area contributed by atoms with E-state index in [4.69, 9.17) is 5.73 Å². The predicted molar refractivity (Wildman–Crippen MR) is 105 cm³/mol. The van der Waals surface area contributed by atoms with Crippen molar-refractivity contribution in [1.29, 1.82) is 0 Å². The van der Waals surface area contributed by atoms with Crippen LogP contribution in [-0.4, -0.2) is 20.2 Å². The molecule has 0 aliphatic heterocycles. The van der Waals surface area contributed by atoms with Gasteiger partial charge in [-0.3, -0.25) is 5.10 Å². The molecule has 4 aromatic rings. The van der Waals surface area contributed by atoms with E-state index in [2.05, 4.69) is 32.3 Å². The zero-order valence-electron chi connectivity index (χ0n) is 14.6. The van der Waals surface area contributed by atoms with Gasteiger partial charge in [-0.15, -0.1) is 12.4 Å². The standard InChI is InChI=1S/C20H15F2N5.ClH/c21-14-6-5-12(9-15(14)22)17-16-18(23)24-19(25-20(16)27-26-17)13-7-10-3-1-2-4-11(10)8-13;/h1-6,9,13H,7-8H2,(H3,23,24,25,26,27);1H. The first-order chi connectivity index (χ1) is 13.1. The van der Waals surface area contributed by atoms with Crippen molar-refractivity contribution < 1.29 is 8.78 Å². The SMILES string of the molecule is Cl.Nc1nc(C2Cc3ccccc3C2)nc2[nH]nc(-c3ccc(F)c(F)c3)c12. The number of fused-ring (bicyclic) bond motifs is 2. The Balaban J connectivity index is 0.00000192. The van der Waals surface area contributed by atoms with Crippen molar-refractivity contribution in [3.63, 3.8) is 0 Å². The van der Waals surface area contributed by atoms with Crippen LogP contribution in [0.1, 0.15) is 22.9 Å². The molecule has 2 aromatic heterocycles. The molecule has 0 radical (unpaired) electrons. The second-order valence-electron chi connectivity index (χ2n) is 6.77. The zero-order chi connectivity index (χ0) is 18.5. The molecule has 0 fully saturated rings. The molecule has 0 amide bonds. The van der Waals surface area contributed by atoms with Gasteiger partial charge in [0, 0.05) is 11.5 Å². The quantitative estimate of drug-likeness (QED) is 0.529. The fourth-order valence-corrected chi connectivity index (χ4v) is 3.75. The number of hydrogen-bond donors (Lipinski definition) is 2. The van der Waals surface area contributed by atoms with Gasteiger partial charge in [-0.05, 0) is 42.2 Å². The number of nitrogens with one attached hydrogen (secondary N) is 1. The van der Waals surface area contributed by atoms with Gasteiger partial charge < -0.3 is 5.73 Å². The van der Waals surface area contributed by atoms with Crippen molar-refractivity contribution in [2.24, 2.45) is 0 Å². The number of nitrogen functional groups attached to an aromatic ring is 1. The molecule has 2 aromatic carbocycles. The summed E-state index contributed by atoms with van der Waals surface area (Å²) in [6, 6.07) is 11.9. The second kappa shape index (κ2) is 6.83. The van der Waals surface area contributed by atoms with Gasteiger partial charge in [0.05, 0.1) is 5.39 Å². The van der Waals surface area contributed by atoms with E-state index in [1.807, 2.05) is 12.1 Å². The molecule has 1 aliphatic rings. The summed E-state index contributed by atoms with van der Waals surface area (Å²) in [5.41, 5.74) is 10.1. The topological polar surface area (TPSA) is 80.5 Å². The highest BCUT2D eigenvalue weighted by atomic mass is 35.5. The Kier molecular flexibility index (Phi) is 4.47. The van der Waals surface area contributed by atoms with Crippen LogP contribution in [0.4, 0.5) is 14.6 Å². The largest absolute Gasteiger partial charge is 0.383 e. The highest BCUT2D eigenvalue weighted by molar-refractivity contribution is 5.98. The van der Waals surface area contributed by atoms with Gasteiger partial charge in [-0.25, -0.2) is 18.7 Å². The molecule has 28 heavy (non-hydrogen) atoms. The number of nitrogens with two attached hydrogens (primary N) is 1. The van der Waals surface area contributed by atoms with Crippen molar-refractivity contribution in [2.45, 2.75) is 18.8 Å². The van der Waals surface area contributed by atoms with Crippen LogP contribution in [0.3, 0.4) is 0 Å². The molecule has 0 atom stereocenters. The molecule has 0 spiro atoms. The maximum absolute atomic E-state index is 13.6. The van der Waals surface area contributed by atoms with Crippen molar-refractivity contribution in [3.05, 3.63) is 71.1 Å². The Hall–Kier alpha value is -3.06. The summed E-state index contributed by atoms with van der Waals surface area (Å²) in [5.74, 6) is -0.755. The highest BCUT2D eigenvalue weighted by Gasteiger charge is 2.26. The Morgan fingerprint density at radius 2 is 1.68 bits per heavy atom. The first kappa shape index (κ1) is 18.3. The number of nitrogens with zero attached hydrogens (tertiary/aromatic N) is 3. The summed E-state index contributed by atoms with van der Waals surface area (Å²) in [4.78, 5) is 9.11. The summed E-state index contributed by atoms with van der Waals surface area (Å²) in [6.07, 6.45) is 1.73. The fraction of sp³-hybridized carbons (Fsp3) is 0.150. The highest BCUT2D eigenvalue weighted by Crippen LogP contribution is 2.35. The lowest BCUT2D eigenvalue weighted by molar-refractivity contribution is 0.509. The van der Waals surface area contributed by atoms with Crippen molar-refractivity contribution in [2.75, 3.05) is 5.73 Å². The molecule has 0 saturated carbocycles. The van der Waals surface area contributed by atoms with Gasteiger partial charge in [-0.2, -0.15) is 5.10 Å². The third kappa shape index (κ3) is 2.88. The number of anilines is 1. The smallest absolute Gasteiger partial charge is 0.161 e. The number of hydrogen-bond acceptors (Lipinski definition) is 4. The summed E-state index contributed by atoms with van der Waals surface area (Å²) in [7, 11) is 0. The molecular formula is C20H16ClF2N5. The lowest BCUT2D eigenvalue weighted by Crippen LogP contribution is -2.07. The Bertz CT molecular complexity index is 1170. The Morgan fingerprint density at radius 3 is 2.36 bits per heavy atom. The van der Waals surface area contributed by atoms with Crippen LogP contribution < -0.4 is 5.73 Å². The van der Waals surface area contributed by atoms with E-state index in [-0.39, 0.29) is 24.1 Å². The fourth-order valence-electron chi connectivity index (χ4n) is 3.75.